The summed E-state index contributed by atoms with van der Waals surface area (Å²) in [6.45, 7) is 0.111. The Bertz CT molecular complexity index is 518. The summed E-state index contributed by atoms with van der Waals surface area (Å²) in [6, 6.07) is 0. The largest absolute Gasteiger partial charge is 0.466 e. The smallest absolute Gasteiger partial charge is 0.333 e. The molecule has 0 N–H and O–H groups in total. The molecule has 1 fully saturated rings. The summed E-state index contributed by atoms with van der Waals surface area (Å²) in [6.07, 6.45) is 0.883. The number of methoxy groups -OCH3 is 1. The van der Waals surface area contributed by atoms with Crippen molar-refractivity contribution in [3.63, 3.8) is 0 Å². The van der Waals surface area contributed by atoms with Crippen LogP contribution in [0.3, 0.4) is 0 Å². The minimum Gasteiger partial charge on any atom is -0.466 e. The number of hydrogen-bond acceptors (Lipinski definition) is 7. The lowest BCUT2D eigenvalue weighted by atomic mass is 9.69. The number of hydrogen-bond donors (Lipinski definition) is 0. The zero-order valence-corrected chi connectivity index (χ0v) is 11.2. The molecule has 1 aliphatic carbocycles. The Morgan fingerprint density at radius 1 is 1.35 bits per heavy atom. The third kappa shape index (κ3) is 2.03. The number of carbonyl (C=O) groups excluding carboxylic acids is 1. The highest BCUT2D eigenvalue weighted by molar-refractivity contribution is 5.89. The Morgan fingerprint density at radius 3 is 2.50 bits per heavy atom. The van der Waals surface area contributed by atoms with E-state index in [0.29, 0.717) is 0 Å². The molecule has 1 aliphatic heterocycles. The van der Waals surface area contributed by atoms with E-state index in [4.69, 9.17) is 0 Å². The Morgan fingerprint density at radius 2 is 2.00 bits per heavy atom. The molecule has 110 valence electrons. The van der Waals surface area contributed by atoms with Crippen LogP contribution >= 0.6 is 0 Å². The molecular formula is C11H15N3O6. The second-order valence-corrected chi connectivity index (χ2v) is 5.53. The van der Waals surface area contributed by atoms with Crippen LogP contribution in [0, 0.1) is 20.2 Å². The lowest BCUT2D eigenvalue weighted by Gasteiger charge is -2.43. The third-order valence-electron chi connectivity index (χ3n) is 3.90. The highest BCUT2D eigenvalue weighted by Gasteiger charge is 2.64. The Hall–Kier alpha value is -2.03. The normalized spacial score (nSPS) is 33.2. The van der Waals surface area contributed by atoms with E-state index in [-0.39, 0.29) is 31.5 Å². The van der Waals surface area contributed by atoms with Crippen molar-refractivity contribution in [1.82, 2.24) is 4.90 Å². The second kappa shape index (κ2) is 4.51. The van der Waals surface area contributed by atoms with Crippen molar-refractivity contribution in [3.05, 3.63) is 31.9 Å². The van der Waals surface area contributed by atoms with Crippen LogP contribution < -0.4 is 0 Å². The fraction of sp³-hybridized carbons (Fsp3) is 0.727. The molecule has 20 heavy (non-hydrogen) atoms. The molecule has 1 heterocycles. The van der Waals surface area contributed by atoms with Gasteiger partial charge in [0.15, 0.2) is 0 Å². The highest BCUT2D eigenvalue weighted by Crippen LogP contribution is 2.42. The van der Waals surface area contributed by atoms with Crippen molar-refractivity contribution in [2.24, 2.45) is 0 Å². The molecule has 0 aromatic heterocycles. The molecule has 2 atom stereocenters. The Labute approximate surface area is 114 Å². The maximum Gasteiger partial charge on any atom is 0.333 e. The van der Waals surface area contributed by atoms with E-state index in [1.165, 1.54) is 6.08 Å². The van der Waals surface area contributed by atoms with Gasteiger partial charge in [-0.25, -0.2) is 4.79 Å². The quantitative estimate of drug-likeness (QED) is 0.402. The number of esters is 1. The van der Waals surface area contributed by atoms with Crippen LogP contribution in [0.25, 0.3) is 0 Å². The lowest BCUT2D eigenvalue weighted by Crippen LogP contribution is -2.66. The molecule has 0 aromatic rings. The van der Waals surface area contributed by atoms with Crippen molar-refractivity contribution in [2.45, 2.75) is 23.9 Å². The van der Waals surface area contributed by atoms with E-state index < -0.39 is 26.9 Å². The minimum atomic E-state index is -1.61. The number of piperidine rings is 1. The molecule has 0 saturated carbocycles. The predicted octanol–water partition coefficient (Wildman–Crippen LogP) is -0.144. The number of fused-ring (bicyclic) bond motifs is 2. The average Bonchev–Trinajstić information content (AvgIpc) is 2.35. The Balaban J connectivity index is 2.56. The molecule has 9 heteroatoms. The molecule has 0 spiro atoms. The molecule has 2 unspecified atom stereocenters. The number of carbonyl (C=O) groups is 1. The van der Waals surface area contributed by atoms with Crippen LogP contribution in [0.4, 0.5) is 0 Å². The van der Waals surface area contributed by atoms with Gasteiger partial charge in [-0.3, -0.25) is 25.1 Å². The second-order valence-electron chi connectivity index (χ2n) is 5.53. The predicted molar refractivity (Wildman–Crippen MR) is 66.3 cm³/mol. The summed E-state index contributed by atoms with van der Waals surface area (Å²) >= 11 is 0. The molecule has 2 rings (SSSR count). The molecule has 9 nitrogen and oxygen atoms in total. The van der Waals surface area contributed by atoms with Crippen molar-refractivity contribution < 1.29 is 19.4 Å². The van der Waals surface area contributed by atoms with Crippen molar-refractivity contribution in [1.29, 1.82) is 0 Å². The van der Waals surface area contributed by atoms with Gasteiger partial charge in [-0.05, 0) is 7.05 Å². The maximum atomic E-state index is 11.7. The van der Waals surface area contributed by atoms with Gasteiger partial charge in [0.25, 0.3) is 5.54 Å². The molecule has 2 bridgehead atoms. The topological polar surface area (TPSA) is 116 Å². The maximum absolute atomic E-state index is 11.7. The van der Waals surface area contributed by atoms with E-state index in [2.05, 4.69) is 4.74 Å². The van der Waals surface area contributed by atoms with E-state index in [0.717, 1.165) is 7.11 Å². The van der Waals surface area contributed by atoms with Gasteiger partial charge >= 0.3 is 5.97 Å². The van der Waals surface area contributed by atoms with Gasteiger partial charge in [-0.1, -0.05) is 0 Å². The van der Waals surface area contributed by atoms with E-state index in [9.17, 15) is 25.0 Å². The third-order valence-corrected chi connectivity index (χ3v) is 3.90. The van der Waals surface area contributed by atoms with Gasteiger partial charge in [-0.15, -0.1) is 0 Å². The first kappa shape index (κ1) is 14.4. The summed E-state index contributed by atoms with van der Waals surface area (Å²) < 4.78 is 4.57. The van der Waals surface area contributed by atoms with Gasteiger partial charge in [0.2, 0.25) is 5.54 Å². The fourth-order valence-electron chi connectivity index (χ4n) is 3.28. The zero-order valence-electron chi connectivity index (χ0n) is 11.2. The van der Waals surface area contributed by atoms with E-state index in [1.54, 1.807) is 11.9 Å². The SMILES string of the molecule is COC(=O)C1=CC2([N+](=O)[O-])CN(C)CC([N+](=O)[O-])(C1)C2. The van der Waals surface area contributed by atoms with Crippen LogP contribution in [0.5, 0.6) is 0 Å². The standard InChI is InChI=1S/C11H15N3O6/c1-12-6-10(13(16)17)3-8(9(15)20-2)4-11(5-10,7-12)14(18)19/h3H,4-7H2,1-2H3. The summed E-state index contributed by atoms with van der Waals surface area (Å²) in [4.78, 5) is 35.0. The molecule has 2 aliphatic rings. The molecule has 0 radical (unpaired) electrons. The monoisotopic (exact) mass is 285 g/mol. The van der Waals surface area contributed by atoms with Gasteiger partial charge in [-0.2, -0.15) is 0 Å². The molecule has 1 saturated heterocycles. The summed E-state index contributed by atoms with van der Waals surface area (Å²) in [5, 5.41) is 22.8. The lowest BCUT2D eigenvalue weighted by molar-refractivity contribution is -0.619. The van der Waals surface area contributed by atoms with Crippen molar-refractivity contribution in [2.75, 3.05) is 27.2 Å². The van der Waals surface area contributed by atoms with Crippen molar-refractivity contribution >= 4 is 5.97 Å². The number of likely N-dealkylation sites (N-methyl/N-ethyl adjacent to an activating group) is 1. The first-order valence-electron chi connectivity index (χ1n) is 6.02. The molecule has 0 aromatic carbocycles. The number of nitro groups is 2. The van der Waals surface area contributed by atoms with Gasteiger partial charge < -0.3 is 4.74 Å². The van der Waals surface area contributed by atoms with Gasteiger partial charge in [0.1, 0.15) is 0 Å². The zero-order chi connectivity index (χ0) is 15.1. The minimum absolute atomic E-state index is 0.0141. The molecular weight excluding hydrogens is 270 g/mol. The first-order valence-corrected chi connectivity index (χ1v) is 6.02. The van der Waals surface area contributed by atoms with Crippen LogP contribution in [-0.2, 0) is 9.53 Å². The average molecular weight is 285 g/mol. The number of likely N-dealkylation sites (tertiary alicyclic amines) is 1. The summed E-state index contributed by atoms with van der Waals surface area (Å²) in [5.74, 6) is -0.744. The fourth-order valence-corrected chi connectivity index (χ4v) is 3.28. The van der Waals surface area contributed by atoms with Crippen LogP contribution in [0.15, 0.2) is 11.6 Å². The van der Waals surface area contributed by atoms with E-state index >= 15 is 0 Å². The first-order chi connectivity index (χ1) is 9.24. The van der Waals surface area contributed by atoms with Gasteiger partial charge in [0, 0.05) is 21.5 Å². The van der Waals surface area contributed by atoms with Crippen LogP contribution in [0.2, 0.25) is 0 Å². The number of ether oxygens (including phenoxy) is 1. The summed E-state index contributed by atoms with van der Waals surface area (Å²) in [5.41, 5.74) is -3.11. The highest BCUT2D eigenvalue weighted by atomic mass is 16.6. The summed E-state index contributed by atoms with van der Waals surface area (Å²) in [7, 11) is 2.75. The number of rotatable bonds is 3. The molecule has 0 amide bonds. The number of nitrogens with zero attached hydrogens (tertiary/aromatic N) is 3. The van der Waals surface area contributed by atoms with Crippen LogP contribution in [0.1, 0.15) is 12.8 Å². The van der Waals surface area contributed by atoms with Gasteiger partial charge in [0.05, 0.1) is 33.0 Å². The van der Waals surface area contributed by atoms with Crippen LogP contribution in [-0.4, -0.2) is 59.0 Å². The Kier molecular flexibility index (Phi) is 3.24. The van der Waals surface area contributed by atoms with Crippen molar-refractivity contribution in [3.8, 4) is 0 Å². The van der Waals surface area contributed by atoms with E-state index in [1.807, 2.05) is 0 Å².